The second-order valence-electron chi connectivity index (χ2n) is 30.3. The van der Waals surface area contributed by atoms with Crippen LogP contribution in [0.2, 0.25) is 0 Å². The standard InChI is InChI=1S/C71H97N5O13S2/c1-36-11-12-38-26-39-15-18-46-45(49-33-89-66(86)57(49)41-20-23-74-31-41)10-6-7-40-29-71(88)60-51(19-21-69(71,22-24-75-67(72)73)64(40)68(2,87)55(81)28-48(65(84)85)56(39)58(46)47(38)25-36)70(43-8-4-3-5-9-43)30-54(80)62(82)50-35-91-90-34-42(37-13-16-44(78)17-14-37)27-53(79)52(32-77)76-61(60)63(83)59(50)70/h13-14,16-17,20,23,26,31,36,39-40,42-43,45-52,54-59,62,64-65,74,76-78,80-82,84-85,87-88H,3-5,7-9,11-12,15,18-19,21-22,24-25,27-30,32-35H2,1-2H3,(H4,72,73,75). The van der Waals surface area contributed by atoms with Crippen molar-refractivity contribution in [3.8, 4) is 17.6 Å². The number of guanidine groups is 1. The summed E-state index contributed by atoms with van der Waals surface area (Å²) in [6.45, 7) is 3.27. The van der Waals surface area contributed by atoms with Crippen LogP contribution in [0.25, 0.3) is 0 Å². The highest BCUT2D eigenvalue weighted by Crippen LogP contribution is 2.75. The molecule has 0 spiro atoms. The number of nitrogens with one attached hydrogen (secondary N) is 2. The van der Waals surface area contributed by atoms with Gasteiger partial charge in [0.1, 0.15) is 11.8 Å². The number of cyclic esters (lactones) is 1. The number of benzene rings is 1. The van der Waals surface area contributed by atoms with Gasteiger partial charge in [0.15, 0.2) is 23.8 Å². The lowest BCUT2D eigenvalue weighted by Crippen LogP contribution is -2.69. The Hall–Kier alpha value is -4.40. The van der Waals surface area contributed by atoms with Gasteiger partial charge in [-0.25, -0.2) is 0 Å². The molecule has 496 valence electrons. The van der Waals surface area contributed by atoms with Gasteiger partial charge in [-0.2, -0.15) is 0 Å². The number of carbonyl (C=O) groups excluding carboxylic acids is 3. The zero-order valence-corrected chi connectivity index (χ0v) is 54.3. The van der Waals surface area contributed by atoms with Gasteiger partial charge < -0.3 is 72.5 Å². The normalized spacial score (nSPS) is 44.4. The summed E-state index contributed by atoms with van der Waals surface area (Å²) in [6.07, 6.45) is 9.04. The van der Waals surface area contributed by atoms with E-state index in [0.717, 1.165) is 75.3 Å². The van der Waals surface area contributed by atoms with Crippen molar-refractivity contribution in [3.05, 3.63) is 76.8 Å². The van der Waals surface area contributed by atoms with Crippen LogP contribution in [-0.4, -0.2) is 148 Å². The molecule has 13 rings (SSSR count). The molecule has 8 fully saturated rings. The first-order valence-corrected chi connectivity index (χ1v) is 36.7. The number of aliphatic imine (C=N–C) groups is 1. The number of aliphatic hydroxyl groups is 8. The number of nitrogens with two attached hydrogens (primary N) is 2. The van der Waals surface area contributed by atoms with Gasteiger partial charge in [-0.1, -0.05) is 77.5 Å². The van der Waals surface area contributed by atoms with E-state index in [2.05, 4.69) is 40.1 Å². The van der Waals surface area contributed by atoms with Crippen LogP contribution >= 0.6 is 21.6 Å². The van der Waals surface area contributed by atoms with Crippen LogP contribution in [0.15, 0.2) is 70.6 Å². The third-order valence-electron chi connectivity index (χ3n) is 26.0. The summed E-state index contributed by atoms with van der Waals surface area (Å²) in [7, 11) is 3.02. The highest BCUT2D eigenvalue weighted by Gasteiger charge is 2.76. The lowest BCUT2D eigenvalue weighted by atomic mass is 9.39. The van der Waals surface area contributed by atoms with Crippen LogP contribution in [-0.2, 0) is 19.1 Å². The molecule has 9 aliphatic carbocycles. The number of hydrogen-bond acceptors (Lipinski definition) is 17. The fraction of sp³-hybridized carbons (Fsp3) is 0.718. The number of aromatic nitrogens is 1. The first-order chi connectivity index (χ1) is 43.6. The lowest BCUT2D eigenvalue weighted by Gasteiger charge is -2.66. The average Bonchev–Trinajstić information content (AvgIpc) is 1.64. The number of aliphatic hydroxyl groups excluding tert-OH is 5. The minimum atomic E-state index is -2.11. The predicted octanol–water partition coefficient (Wildman–Crippen LogP) is 6.34. The van der Waals surface area contributed by atoms with Crippen LogP contribution in [0.4, 0.5) is 0 Å². The number of ether oxygens (including phenoxy) is 1. The number of fused-ring (bicyclic) bond motifs is 8. The number of Topliss-reactive ketones (excluding diaryl/α,β-unsaturated/α-hetero) is 2. The van der Waals surface area contributed by atoms with E-state index in [9.17, 15) is 45.6 Å². The molecule has 6 bridgehead atoms. The molecule has 24 unspecified atom stereocenters. The van der Waals surface area contributed by atoms with E-state index >= 15 is 14.7 Å². The molecule has 24 atom stereocenters. The zero-order valence-electron chi connectivity index (χ0n) is 52.7. The predicted molar refractivity (Wildman–Crippen MR) is 346 cm³/mol. The molecular weight excluding hydrogens is 1190 g/mol. The summed E-state index contributed by atoms with van der Waals surface area (Å²) in [5, 5.41) is 117. The highest BCUT2D eigenvalue weighted by molar-refractivity contribution is 8.76. The lowest BCUT2D eigenvalue weighted by molar-refractivity contribution is -0.210. The van der Waals surface area contributed by atoms with Crippen molar-refractivity contribution in [3.63, 3.8) is 0 Å². The van der Waals surface area contributed by atoms with E-state index < -0.39 is 118 Å². The van der Waals surface area contributed by atoms with Crippen molar-refractivity contribution in [2.24, 2.45) is 116 Å². The smallest absolute Gasteiger partial charge is 0.313 e. The first kappa shape index (κ1) is 65.3. The summed E-state index contributed by atoms with van der Waals surface area (Å²) in [6, 6.07) is 7.25. The number of nitrogens with zero attached hydrogens (tertiary/aromatic N) is 1. The quantitative estimate of drug-likeness (QED) is 0.0248. The Bertz CT molecular complexity index is 3190. The van der Waals surface area contributed by atoms with E-state index in [0.29, 0.717) is 23.7 Å². The van der Waals surface area contributed by atoms with Crippen LogP contribution in [0, 0.1) is 111 Å². The van der Waals surface area contributed by atoms with Gasteiger partial charge >= 0.3 is 5.97 Å². The number of hydrogen-bond donors (Lipinski definition) is 13. The number of carbonyl (C=O) groups is 3. The highest BCUT2D eigenvalue weighted by atomic mass is 33.1. The Morgan fingerprint density at radius 1 is 0.901 bits per heavy atom. The minimum Gasteiger partial charge on any atom is -0.508 e. The average molecular weight is 1290 g/mol. The molecule has 0 radical (unpaired) electrons. The topological polar surface area (TPSA) is 335 Å². The number of aromatic amines is 1. The molecule has 2 saturated heterocycles. The first-order valence-electron chi connectivity index (χ1n) is 34.2. The van der Waals surface area contributed by atoms with E-state index in [1.165, 1.54) is 27.2 Å². The molecule has 20 heteroatoms. The second kappa shape index (κ2) is 25.6. The second-order valence-corrected chi connectivity index (χ2v) is 32.9. The monoisotopic (exact) mass is 1290 g/mol. The SMILES string of the molecule is CC1CCC2=CC3CCC4C(C5COC(=O)C5c5cc[nH]c5)C#CCC5CC6(O)C7=C8NC(CO)C(=O)CC(c9ccc(O)cc9)CSSCC9C(O)C(O)CC(C%10CCCCC%10)(C7CCC6(CCN=C(N)N)C5C(C)(O)C(O)CC(C(O)O)C3C4C2C1)C9C8=O. The largest absolute Gasteiger partial charge is 0.508 e. The number of phenolic OH excluding ortho intramolecular Hbond substituents is 1. The Labute approximate surface area is 542 Å². The number of ketones is 2. The molecule has 0 amide bonds. The Morgan fingerprint density at radius 3 is 2.40 bits per heavy atom. The number of allylic oxidation sites excluding steroid dienone is 3. The van der Waals surface area contributed by atoms with Crippen molar-refractivity contribution in [2.45, 2.75) is 183 Å². The van der Waals surface area contributed by atoms with Crippen LogP contribution < -0.4 is 16.8 Å². The van der Waals surface area contributed by atoms with E-state index in [4.69, 9.17) is 16.2 Å². The van der Waals surface area contributed by atoms with Crippen molar-refractivity contribution in [2.75, 3.05) is 31.3 Å². The molecule has 1 aromatic carbocycles. The summed E-state index contributed by atoms with van der Waals surface area (Å²) in [5.41, 5.74) is 8.95. The number of H-pyrrole nitrogens is 1. The molecule has 91 heavy (non-hydrogen) atoms. The van der Waals surface area contributed by atoms with Gasteiger partial charge in [-0.15, -0.1) is 5.92 Å². The van der Waals surface area contributed by atoms with Gasteiger partial charge in [-0.3, -0.25) is 19.4 Å². The Balaban J connectivity index is 1.02. The van der Waals surface area contributed by atoms with E-state index in [-0.39, 0.29) is 134 Å². The van der Waals surface area contributed by atoms with Gasteiger partial charge in [0, 0.05) is 90.1 Å². The molecular formula is C71H97N5O13S2. The summed E-state index contributed by atoms with van der Waals surface area (Å²) in [4.78, 5) is 53.9. The van der Waals surface area contributed by atoms with Gasteiger partial charge in [0.25, 0.3) is 0 Å². The van der Waals surface area contributed by atoms with Crippen LogP contribution in [0.1, 0.15) is 152 Å². The Kier molecular flexibility index (Phi) is 18.4. The fourth-order valence-corrected chi connectivity index (χ4v) is 25.2. The molecule has 2 aliphatic heterocycles. The molecule has 3 heterocycles. The summed E-state index contributed by atoms with van der Waals surface area (Å²) < 4.78 is 6.06. The molecule has 11 aliphatic rings. The van der Waals surface area contributed by atoms with E-state index in [1.807, 2.05) is 12.3 Å². The summed E-state index contributed by atoms with van der Waals surface area (Å²) in [5.74, 6) is -0.0409. The van der Waals surface area contributed by atoms with Crippen molar-refractivity contribution in [1.82, 2.24) is 10.3 Å². The molecule has 1 aromatic heterocycles. The minimum absolute atomic E-state index is 0.0111. The van der Waals surface area contributed by atoms with Crippen molar-refractivity contribution >= 4 is 45.1 Å². The van der Waals surface area contributed by atoms with Crippen molar-refractivity contribution in [1.29, 1.82) is 0 Å². The van der Waals surface area contributed by atoms with Gasteiger partial charge in [-0.05, 0) is 184 Å². The van der Waals surface area contributed by atoms with Gasteiger partial charge in [0.2, 0.25) is 0 Å². The maximum atomic E-state index is 16.9. The molecule has 6 saturated carbocycles. The third kappa shape index (κ3) is 11.1. The fourth-order valence-electron chi connectivity index (χ4n) is 22.4. The molecule has 2 aromatic rings. The zero-order chi connectivity index (χ0) is 64.1. The third-order valence-corrected chi connectivity index (χ3v) is 28.6. The molecule has 18 nitrogen and oxygen atoms in total. The van der Waals surface area contributed by atoms with Crippen molar-refractivity contribution < 1.29 is 65.1 Å². The number of rotatable bonds is 9. The maximum Gasteiger partial charge on any atom is 0.313 e. The van der Waals surface area contributed by atoms with E-state index in [1.54, 1.807) is 37.4 Å². The van der Waals surface area contributed by atoms with Crippen LogP contribution in [0.3, 0.4) is 0 Å². The Morgan fingerprint density at radius 2 is 1.67 bits per heavy atom. The summed E-state index contributed by atoms with van der Waals surface area (Å²) >= 11 is 0. The maximum absolute atomic E-state index is 16.9. The molecule has 15 N–H and O–H groups in total. The number of phenols is 1. The number of esters is 1. The number of aromatic hydroxyl groups is 1. The van der Waals surface area contributed by atoms with Crippen LogP contribution in [0.5, 0.6) is 5.75 Å². The van der Waals surface area contributed by atoms with Gasteiger partial charge in [0.05, 0.1) is 54.3 Å².